The van der Waals surface area contributed by atoms with Crippen molar-refractivity contribution >= 4 is 22.9 Å². The molecule has 1 heterocycles. The Morgan fingerprint density at radius 3 is 2.75 bits per heavy atom. The van der Waals surface area contributed by atoms with Crippen LogP contribution in [0.15, 0.2) is 24.3 Å². The van der Waals surface area contributed by atoms with Crippen molar-refractivity contribution in [2.45, 2.75) is 31.7 Å². The van der Waals surface area contributed by atoms with Gasteiger partial charge in [-0.1, -0.05) is 17.7 Å². The summed E-state index contributed by atoms with van der Waals surface area (Å²) in [5.74, 6) is 0.688. The van der Waals surface area contributed by atoms with Crippen molar-refractivity contribution < 1.29 is 4.74 Å². The third-order valence-corrected chi connectivity index (χ3v) is 5.47. The molecule has 0 saturated carbocycles. The summed E-state index contributed by atoms with van der Waals surface area (Å²) in [6.45, 7) is 0. The van der Waals surface area contributed by atoms with E-state index >= 15 is 0 Å². The molecule has 0 spiro atoms. The van der Waals surface area contributed by atoms with Crippen LogP contribution in [0.5, 0.6) is 5.75 Å². The smallest absolute Gasteiger partial charge is 0.137 e. The molecule has 0 saturated heterocycles. The number of nitrogens with two attached hydrogens (primary N) is 1. The second-order valence-corrected chi connectivity index (χ2v) is 6.75. The Labute approximate surface area is 128 Å². The Balaban J connectivity index is 1.90. The summed E-state index contributed by atoms with van der Waals surface area (Å²) in [5, 5.41) is 0.613. The molecule has 0 radical (unpaired) electrons. The molecular formula is C16H18ClNOS. The van der Waals surface area contributed by atoms with Gasteiger partial charge in [0.15, 0.2) is 0 Å². The van der Waals surface area contributed by atoms with Crippen molar-refractivity contribution in [3.05, 3.63) is 50.2 Å². The van der Waals surface area contributed by atoms with Crippen LogP contribution in [0.25, 0.3) is 0 Å². The van der Waals surface area contributed by atoms with Crippen LogP contribution in [-0.2, 0) is 12.8 Å². The number of fused-ring (bicyclic) bond motifs is 1. The van der Waals surface area contributed by atoms with Crippen molar-refractivity contribution in [1.82, 2.24) is 0 Å². The van der Waals surface area contributed by atoms with Gasteiger partial charge in [-0.15, -0.1) is 11.3 Å². The molecule has 20 heavy (non-hydrogen) atoms. The zero-order chi connectivity index (χ0) is 14.1. The van der Waals surface area contributed by atoms with E-state index in [0.717, 1.165) is 5.56 Å². The number of ether oxygens (including phenoxy) is 1. The van der Waals surface area contributed by atoms with Crippen molar-refractivity contribution in [2.75, 3.05) is 7.11 Å². The Bertz CT molecular complexity index is 599. The van der Waals surface area contributed by atoms with E-state index in [-0.39, 0.29) is 6.04 Å². The maximum absolute atomic E-state index is 6.40. The molecule has 1 aromatic carbocycles. The number of aryl methyl sites for hydroxylation is 2. The monoisotopic (exact) mass is 307 g/mol. The van der Waals surface area contributed by atoms with Gasteiger partial charge in [0, 0.05) is 9.75 Å². The molecule has 1 aliphatic carbocycles. The molecule has 1 aliphatic rings. The SMILES string of the molecule is COc1ccc(C(N)c2cc3c(s2)CCCC3)cc1Cl. The molecule has 1 unspecified atom stereocenters. The Morgan fingerprint density at radius 1 is 1.25 bits per heavy atom. The van der Waals surface area contributed by atoms with Crippen LogP contribution in [0.3, 0.4) is 0 Å². The van der Waals surface area contributed by atoms with Crippen molar-refractivity contribution in [2.24, 2.45) is 5.73 Å². The summed E-state index contributed by atoms with van der Waals surface area (Å²) in [7, 11) is 1.62. The highest BCUT2D eigenvalue weighted by atomic mass is 35.5. The summed E-state index contributed by atoms with van der Waals surface area (Å²) in [6.07, 6.45) is 5.00. The van der Waals surface area contributed by atoms with Crippen LogP contribution in [0.4, 0.5) is 0 Å². The lowest BCUT2D eigenvalue weighted by Gasteiger charge is -2.12. The van der Waals surface area contributed by atoms with Crippen LogP contribution >= 0.6 is 22.9 Å². The largest absolute Gasteiger partial charge is 0.495 e. The van der Waals surface area contributed by atoms with E-state index in [0.29, 0.717) is 10.8 Å². The number of halogens is 1. The molecule has 2 aromatic rings. The number of hydrogen-bond donors (Lipinski definition) is 1. The predicted octanol–water partition coefficient (Wildman–Crippen LogP) is 4.34. The van der Waals surface area contributed by atoms with Gasteiger partial charge in [0.05, 0.1) is 18.2 Å². The van der Waals surface area contributed by atoms with Gasteiger partial charge in [-0.3, -0.25) is 0 Å². The number of thiophene rings is 1. The molecule has 0 fully saturated rings. The molecule has 1 aromatic heterocycles. The van der Waals surface area contributed by atoms with Gasteiger partial charge < -0.3 is 10.5 Å². The van der Waals surface area contributed by atoms with Crippen molar-refractivity contribution in [1.29, 1.82) is 0 Å². The van der Waals surface area contributed by atoms with E-state index in [1.807, 2.05) is 29.5 Å². The first-order valence-electron chi connectivity index (χ1n) is 6.89. The molecule has 0 amide bonds. The molecule has 2 nitrogen and oxygen atoms in total. The van der Waals surface area contributed by atoms with E-state index in [1.54, 1.807) is 7.11 Å². The van der Waals surface area contributed by atoms with Crippen LogP contribution in [0.1, 0.15) is 39.8 Å². The van der Waals surface area contributed by atoms with Crippen LogP contribution < -0.4 is 10.5 Å². The lowest BCUT2D eigenvalue weighted by atomic mass is 9.98. The summed E-state index contributed by atoms with van der Waals surface area (Å²) in [4.78, 5) is 2.75. The topological polar surface area (TPSA) is 35.2 Å². The number of rotatable bonds is 3. The highest BCUT2D eigenvalue weighted by Crippen LogP contribution is 2.36. The van der Waals surface area contributed by atoms with E-state index < -0.39 is 0 Å². The lowest BCUT2D eigenvalue weighted by Crippen LogP contribution is -2.10. The summed E-state index contributed by atoms with van der Waals surface area (Å²) >= 11 is 8.04. The van der Waals surface area contributed by atoms with Crippen molar-refractivity contribution in [3.63, 3.8) is 0 Å². The Hall–Kier alpha value is -1.03. The summed E-state index contributed by atoms with van der Waals surface area (Å²) in [5.41, 5.74) is 8.93. The maximum Gasteiger partial charge on any atom is 0.137 e. The van der Waals surface area contributed by atoms with Gasteiger partial charge in [0.1, 0.15) is 5.75 Å². The third kappa shape index (κ3) is 2.58. The zero-order valence-electron chi connectivity index (χ0n) is 11.5. The fraction of sp³-hybridized carbons (Fsp3) is 0.375. The molecule has 2 N–H and O–H groups in total. The van der Waals surface area contributed by atoms with Crippen LogP contribution in [0, 0.1) is 0 Å². The maximum atomic E-state index is 6.40. The molecule has 4 heteroatoms. The number of hydrogen-bond acceptors (Lipinski definition) is 3. The van der Waals surface area contributed by atoms with Crippen LogP contribution in [0.2, 0.25) is 5.02 Å². The van der Waals surface area contributed by atoms with Crippen molar-refractivity contribution in [3.8, 4) is 5.75 Å². The van der Waals surface area contributed by atoms with Crippen LogP contribution in [-0.4, -0.2) is 7.11 Å². The lowest BCUT2D eigenvalue weighted by molar-refractivity contribution is 0.415. The summed E-state index contributed by atoms with van der Waals surface area (Å²) < 4.78 is 5.18. The number of methoxy groups -OCH3 is 1. The average Bonchev–Trinajstić information content (AvgIpc) is 2.90. The summed E-state index contributed by atoms with van der Waals surface area (Å²) in [6, 6.07) is 7.96. The second-order valence-electron chi connectivity index (χ2n) is 5.18. The normalized spacial score (nSPS) is 15.8. The fourth-order valence-electron chi connectivity index (χ4n) is 2.71. The molecule has 0 aliphatic heterocycles. The minimum atomic E-state index is -0.103. The Morgan fingerprint density at radius 2 is 2.05 bits per heavy atom. The molecular weight excluding hydrogens is 290 g/mol. The highest BCUT2D eigenvalue weighted by Gasteiger charge is 2.18. The first-order chi connectivity index (χ1) is 9.69. The van der Waals surface area contributed by atoms with Gasteiger partial charge in [-0.25, -0.2) is 0 Å². The van der Waals surface area contributed by atoms with Gasteiger partial charge >= 0.3 is 0 Å². The van der Waals surface area contributed by atoms with Gasteiger partial charge in [-0.2, -0.15) is 0 Å². The van der Waals surface area contributed by atoms with Gasteiger partial charge in [0.25, 0.3) is 0 Å². The number of benzene rings is 1. The highest BCUT2D eigenvalue weighted by molar-refractivity contribution is 7.12. The van der Waals surface area contributed by atoms with E-state index in [4.69, 9.17) is 22.1 Å². The van der Waals surface area contributed by atoms with Gasteiger partial charge in [0.2, 0.25) is 0 Å². The third-order valence-electron chi connectivity index (χ3n) is 3.86. The van der Waals surface area contributed by atoms with Gasteiger partial charge in [-0.05, 0) is 55.0 Å². The molecule has 1 atom stereocenters. The average molecular weight is 308 g/mol. The molecule has 3 rings (SSSR count). The fourth-order valence-corrected chi connectivity index (χ4v) is 4.26. The van der Waals surface area contributed by atoms with E-state index in [2.05, 4.69) is 6.07 Å². The molecule has 106 valence electrons. The quantitative estimate of drug-likeness (QED) is 0.915. The standard InChI is InChI=1S/C16H18ClNOS/c1-19-13-7-6-11(8-12(13)17)16(18)15-9-10-4-2-3-5-14(10)20-15/h6-9,16H,2-5,18H2,1H3. The van der Waals surface area contributed by atoms with E-state index in [9.17, 15) is 0 Å². The first kappa shape index (κ1) is 13.9. The minimum absolute atomic E-state index is 0.103. The van der Waals surface area contributed by atoms with E-state index in [1.165, 1.54) is 41.0 Å². The minimum Gasteiger partial charge on any atom is -0.495 e. The first-order valence-corrected chi connectivity index (χ1v) is 8.09. The predicted molar refractivity (Wildman–Crippen MR) is 85.0 cm³/mol. The second kappa shape index (κ2) is 5.76. The molecule has 0 bridgehead atoms. The zero-order valence-corrected chi connectivity index (χ0v) is 13.1. The Kier molecular flexibility index (Phi) is 4.01.